The average molecular weight is 321 g/mol. The third-order valence-corrected chi connectivity index (χ3v) is 4.40. The van der Waals surface area contributed by atoms with Crippen LogP contribution < -0.4 is 9.47 Å². The molecule has 7 heteroatoms. The number of aryl methyl sites for hydroxylation is 1. The minimum atomic E-state index is -1.74. The molecule has 1 amide bonds. The fourth-order valence-corrected chi connectivity index (χ4v) is 2.88. The summed E-state index contributed by atoms with van der Waals surface area (Å²) >= 11 is 0. The average Bonchev–Trinajstić information content (AvgIpc) is 2.54. The highest BCUT2D eigenvalue weighted by Gasteiger charge is 2.40. The van der Waals surface area contributed by atoms with Crippen molar-refractivity contribution >= 4 is 11.9 Å². The first kappa shape index (κ1) is 15.6. The molecule has 2 aliphatic heterocycles. The number of benzene rings is 1. The van der Waals surface area contributed by atoms with Gasteiger partial charge in [0.05, 0.1) is 0 Å². The van der Waals surface area contributed by atoms with Crippen LogP contribution in [0, 0.1) is 6.92 Å². The molecule has 0 spiro atoms. The maximum absolute atomic E-state index is 12.7. The Morgan fingerprint density at radius 1 is 1.13 bits per heavy atom. The number of carbonyl (C=O) groups excluding carboxylic acids is 1. The Morgan fingerprint density at radius 3 is 2.26 bits per heavy atom. The van der Waals surface area contributed by atoms with E-state index in [9.17, 15) is 14.7 Å². The van der Waals surface area contributed by atoms with E-state index in [1.165, 1.54) is 0 Å². The number of carboxylic acids is 1. The van der Waals surface area contributed by atoms with E-state index in [0.717, 1.165) is 5.56 Å². The number of piperidine rings is 1. The summed E-state index contributed by atoms with van der Waals surface area (Å²) in [6.45, 7) is 3.16. The second-order valence-electron chi connectivity index (χ2n) is 5.94. The van der Waals surface area contributed by atoms with Gasteiger partial charge in [0.15, 0.2) is 17.1 Å². The lowest BCUT2D eigenvalue weighted by molar-refractivity contribution is -0.162. The molecule has 2 N–H and O–H groups in total. The Morgan fingerprint density at radius 2 is 1.70 bits per heavy atom. The van der Waals surface area contributed by atoms with Crippen LogP contribution in [0.1, 0.15) is 28.8 Å². The first-order valence-electron chi connectivity index (χ1n) is 7.56. The number of hydrogen-bond donors (Lipinski definition) is 2. The fourth-order valence-electron chi connectivity index (χ4n) is 2.88. The number of fused-ring (bicyclic) bond motifs is 1. The van der Waals surface area contributed by atoms with Crippen molar-refractivity contribution in [1.29, 1.82) is 0 Å². The number of carbonyl (C=O) groups is 2. The fraction of sp³-hybridized carbons (Fsp3) is 0.500. The molecule has 0 saturated carbocycles. The summed E-state index contributed by atoms with van der Waals surface area (Å²) in [4.78, 5) is 25.3. The first-order valence-corrected chi connectivity index (χ1v) is 7.56. The van der Waals surface area contributed by atoms with Crippen molar-refractivity contribution in [1.82, 2.24) is 4.90 Å². The quantitative estimate of drug-likeness (QED) is 0.837. The van der Waals surface area contributed by atoms with E-state index in [1.54, 1.807) is 17.0 Å². The van der Waals surface area contributed by atoms with Gasteiger partial charge in [0.25, 0.3) is 5.91 Å². The lowest BCUT2D eigenvalue weighted by Gasteiger charge is -2.35. The predicted molar refractivity (Wildman–Crippen MR) is 79.9 cm³/mol. The molecule has 1 aromatic carbocycles. The summed E-state index contributed by atoms with van der Waals surface area (Å²) in [5, 5.41) is 19.0. The molecule has 1 fully saturated rings. The van der Waals surface area contributed by atoms with Gasteiger partial charge in [0.2, 0.25) is 0 Å². The van der Waals surface area contributed by atoms with E-state index in [1.807, 2.05) is 6.92 Å². The third kappa shape index (κ3) is 2.84. The van der Waals surface area contributed by atoms with Crippen LogP contribution in [-0.2, 0) is 4.79 Å². The van der Waals surface area contributed by atoms with Crippen LogP contribution in [0.25, 0.3) is 0 Å². The molecule has 23 heavy (non-hydrogen) atoms. The van der Waals surface area contributed by atoms with Crippen molar-refractivity contribution in [2.45, 2.75) is 25.4 Å². The van der Waals surface area contributed by atoms with Crippen LogP contribution >= 0.6 is 0 Å². The van der Waals surface area contributed by atoms with Gasteiger partial charge in [0.1, 0.15) is 13.2 Å². The normalized spacial score (nSPS) is 19.3. The summed E-state index contributed by atoms with van der Waals surface area (Å²) in [6.07, 6.45) is 0.0509. The highest BCUT2D eigenvalue weighted by molar-refractivity contribution is 5.96. The second-order valence-corrected chi connectivity index (χ2v) is 5.94. The molecule has 0 aromatic heterocycles. The molecule has 2 heterocycles. The van der Waals surface area contributed by atoms with Crippen molar-refractivity contribution in [3.8, 4) is 11.5 Å². The van der Waals surface area contributed by atoms with Gasteiger partial charge >= 0.3 is 5.97 Å². The first-order chi connectivity index (χ1) is 10.9. The van der Waals surface area contributed by atoms with E-state index in [-0.39, 0.29) is 31.8 Å². The van der Waals surface area contributed by atoms with Gasteiger partial charge in [-0.3, -0.25) is 4.79 Å². The molecule has 0 atom stereocenters. The van der Waals surface area contributed by atoms with Crippen LogP contribution in [-0.4, -0.2) is 58.9 Å². The van der Waals surface area contributed by atoms with Gasteiger partial charge in [-0.1, -0.05) is 0 Å². The Bertz CT molecular complexity index is 648. The molecule has 3 rings (SSSR count). The zero-order valence-electron chi connectivity index (χ0n) is 12.9. The number of aliphatic hydroxyl groups is 1. The Labute approximate surface area is 133 Å². The van der Waals surface area contributed by atoms with E-state index in [0.29, 0.717) is 30.3 Å². The van der Waals surface area contributed by atoms with Crippen LogP contribution in [0.4, 0.5) is 0 Å². The third-order valence-electron chi connectivity index (χ3n) is 4.40. The summed E-state index contributed by atoms with van der Waals surface area (Å²) in [6, 6.07) is 3.45. The van der Waals surface area contributed by atoms with Crippen molar-refractivity contribution in [3.05, 3.63) is 23.3 Å². The van der Waals surface area contributed by atoms with Gasteiger partial charge in [-0.2, -0.15) is 0 Å². The van der Waals surface area contributed by atoms with E-state index in [2.05, 4.69) is 0 Å². The van der Waals surface area contributed by atoms with Crippen LogP contribution in [0.2, 0.25) is 0 Å². The van der Waals surface area contributed by atoms with Gasteiger partial charge < -0.3 is 24.6 Å². The van der Waals surface area contributed by atoms with E-state index < -0.39 is 11.6 Å². The molecule has 2 aliphatic rings. The molecular formula is C16H19NO6. The van der Waals surface area contributed by atoms with Crippen molar-refractivity contribution in [2.75, 3.05) is 26.3 Å². The second kappa shape index (κ2) is 5.73. The lowest BCUT2D eigenvalue weighted by atomic mass is 9.91. The number of hydrogen-bond acceptors (Lipinski definition) is 5. The van der Waals surface area contributed by atoms with Gasteiger partial charge in [-0.15, -0.1) is 0 Å². The molecular weight excluding hydrogens is 302 g/mol. The zero-order chi connectivity index (χ0) is 16.6. The molecule has 7 nitrogen and oxygen atoms in total. The number of ether oxygens (including phenoxy) is 2. The SMILES string of the molecule is Cc1cc2c(cc1C(=O)N1CCC(O)(C(=O)O)CC1)OCCO2. The zero-order valence-corrected chi connectivity index (χ0v) is 12.9. The number of aliphatic carboxylic acids is 1. The van der Waals surface area contributed by atoms with Gasteiger partial charge in [0, 0.05) is 31.5 Å². The number of rotatable bonds is 2. The number of amides is 1. The van der Waals surface area contributed by atoms with Crippen LogP contribution in [0.3, 0.4) is 0 Å². The topological polar surface area (TPSA) is 96.3 Å². The molecule has 1 saturated heterocycles. The van der Waals surface area contributed by atoms with Crippen LogP contribution in [0.5, 0.6) is 11.5 Å². The number of likely N-dealkylation sites (tertiary alicyclic amines) is 1. The van der Waals surface area contributed by atoms with E-state index in [4.69, 9.17) is 14.6 Å². The Balaban J connectivity index is 1.78. The van der Waals surface area contributed by atoms with Crippen molar-refractivity contribution in [3.63, 3.8) is 0 Å². The van der Waals surface area contributed by atoms with Crippen LogP contribution in [0.15, 0.2) is 12.1 Å². The van der Waals surface area contributed by atoms with Crippen molar-refractivity contribution in [2.24, 2.45) is 0 Å². The largest absolute Gasteiger partial charge is 0.486 e. The minimum absolute atomic E-state index is 0.0255. The summed E-state index contributed by atoms with van der Waals surface area (Å²) in [5.41, 5.74) is -0.452. The lowest BCUT2D eigenvalue weighted by Crippen LogP contribution is -2.50. The standard InChI is InChI=1S/C16H19NO6/c1-10-8-12-13(23-7-6-22-12)9-11(10)14(18)17-4-2-16(21,3-5-17)15(19)20/h8-9,21H,2-7H2,1H3,(H,19,20). The monoisotopic (exact) mass is 321 g/mol. The minimum Gasteiger partial charge on any atom is -0.486 e. The van der Waals surface area contributed by atoms with E-state index >= 15 is 0 Å². The highest BCUT2D eigenvalue weighted by Crippen LogP contribution is 2.34. The van der Waals surface area contributed by atoms with Gasteiger partial charge in [-0.25, -0.2) is 4.79 Å². The maximum Gasteiger partial charge on any atom is 0.335 e. The molecule has 0 aliphatic carbocycles. The Kier molecular flexibility index (Phi) is 3.89. The molecule has 0 unspecified atom stereocenters. The molecule has 124 valence electrons. The molecule has 0 bridgehead atoms. The van der Waals surface area contributed by atoms with Crippen molar-refractivity contribution < 1.29 is 29.3 Å². The number of nitrogens with zero attached hydrogens (tertiary/aromatic N) is 1. The maximum atomic E-state index is 12.7. The van der Waals surface area contributed by atoms with Gasteiger partial charge in [-0.05, 0) is 24.6 Å². The molecule has 0 radical (unpaired) electrons. The Hall–Kier alpha value is -2.28. The summed E-state index contributed by atoms with van der Waals surface area (Å²) < 4.78 is 11.0. The molecule has 1 aromatic rings. The smallest absolute Gasteiger partial charge is 0.335 e. The summed E-state index contributed by atoms with van der Waals surface area (Å²) in [5.74, 6) is -0.250. The highest BCUT2D eigenvalue weighted by atomic mass is 16.6. The summed E-state index contributed by atoms with van der Waals surface area (Å²) in [7, 11) is 0. The number of carboxylic acid groups (broad SMARTS) is 1. The predicted octanol–water partition coefficient (Wildman–Crippen LogP) is 0.818.